The van der Waals surface area contributed by atoms with Crippen molar-refractivity contribution in [1.82, 2.24) is 5.32 Å². The standard InChI is InChI=1S/C10H12ClFN2S/c1-6(2)13-10(15)14-9-4-3-7(12)5-8(9)11/h3-6H,1-2H3,(H2,13,14,15). The Labute approximate surface area is 98.8 Å². The van der Waals surface area contributed by atoms with E-state index in [1.807, 2.05) is 13.8 Å². The summed E-state index contributed by atoms with van der Waals surface area (Å²) in [7, 11) is 0. The molecule has 0 aliphatic heterocycles. The molecule has 0 spiro atoms. The smallest absolute Gasteiger partial charge is 0.171 e. The van der Waals surface area contributed by atoms with Gasteiger partial charge in [-0.1, -0.05) is 11.6 Å². The van der Waals surface area contributed by atoms with Gasteiger partial charge in [-0.2, -0.15) is 0 Å². The van der Waals surface area contributed by atoms with Gasteiger partial charge in [0.15, 0.2) is 5.11 Å². The van der Waals surface area contributed by atoms with E-state index in [2.05, 4.69) is 10.6 Å². The first-order valence-electron chi connectivity index (χ1n) is 4.51. The van der Waals surface area contributed by atoms with Crippen LogP contribution < -0.4 is 10.6 Å². The van der Waals surface area contributed by atoms with Crippen molar-refractivity contribution < 1.29 is 4.39 Å². The molecule has 0 atom stereocenters. The molecule has 0 aromatic heterocycles. The molecule has 2 nitrogen and oxygen atoms in total. The van der Waals surface area contributed by atoms with Crippen LogP contribution in [0.4, 0.5) is 10.1 Å². The minimum atomic E-state index is -0.367. The predicted molar refractivity (Wildman–Crippen MR) is 65.9 cm³/mol. The van der Waals surface area contributed by atoms with Crippen molar-refractivity contribution in [2.24, 2.45) is 0 Å². The second-order valence-corrected chi connectivity index (χ2v) is 4.19. The zero-order valence-corrected chi connectivity index (χ0v) is 10.0. The van der Waals surface area contributed by atoms with Crippen molar-refractivity contribution in [2.75, 3.05) is 5.32 Å². The molecule has 0 amide bonds. The monoisotopic (exact) mass is 246 g/mol. The lowest BCUT2D eigenvalue weighted by molar-refractivity contribution is 0.628. The van der Waals surface area contributed by atoms with E-state index in [0.717, 1.165) is 0 Å². The zero-order valence-electron chi connectivity index (χ0n) is 8.47. The van der Waals surface area contributed by atoms with Gasteiger partial charge in [-0.25, -0.2) is 4.39 Å². The lowest BCUT2D eigenvalue weighted by atomic mass is 10.3. The number of benzene rings is 1. The number of halogens is 2. The first kappa shape index (κ1) is 12.2. The lowest BCUT2D eigenvalue weighted by Gasteiger charge is -2.13. The molecule has 82 valence electrons. The van der Waals surface area contributed by atoms with Crippen LogP contribution >= 0.6 is 23.8 Å². The van der Waals surface area contributed by atoms with E-state index in [9.17, 15) is 4.39 Å². The van der Waals surface area contributed by atoms with Crippen LogP contribution in [0.5, 0.6) is 0 Å². The quantitative estimate of drug-likeness (QED) is 0.784. The van der Waals surface area contributed by atoms with E-state index in [0.29, 0.717) is 15.8 Å². The van der Waals surface area contributed by atoms with Crippen LogP contribution in [0, 0.1) is 5.82 Å². The summed E-state index contributed by atoms with van der Waals surface area (Å²) in [6.07, 6.45) is 0. The topological polar surface area (TPSA) is 24.1 Å². The van der Waals surface area contributed by atoms with E-state index < -0.39 is 0 Å². The molecule has 0 saturated heterocycles. The Morgan fingerprint density at radius 1 is 1.47 bits per heavy atom. The summed E-state index contributed by atoms with van der Waals surface area (Å²) in [6.45, 7) is 3.94. The van der Waals surface area contributed by atoms with Gasteiger partial charge >= 0.3 is 0 Å². The summed E-state index contributed by atoms with van der Waals surface area (Å²) in [5, 5.41) is 6.67. The van der Waals surface area contributed by atoms with E-state index >= 15 is 0 Å². The number of hydrogen-bond donors (Lipinski definition) is 2. The van der Waals surface area contributed by atoms with Gasteiger partial charge in [0, 0.05) is 6.04 Å². The number of nitrogens with one attached hydrogen (secondary N) is 2. The maximum atomic E-state index is 12.7. The number of thiocarbonyl (C=S) groups is 1. The molecular formula is C10H12ClFN2S. The first-order chi connectivity index (χ1) is 6.99. The third-order valence-electron chi connectivity index (χ3n) is 1.60. The molecule has 0 unspecified atom stereocenters. The summed E-state index contributed by atoms with van der Waals surface area (Å²) in [4.78, 5) is 0. The summed E-state index contributed by atoms with van der Waals surface area (Å²) >= 11 is 10.9. The molecule has 0 saturated carbocycles. The third-order valence-corrected chi connectivity index (χ3v) is 2.13. The number of hydrogen-bond acceptors (Lipinski definition) is 1. The van der Waals surface area contributed by atoms with E-state index in [4.69, 9.17) is 23.8 Å². The molecule has 0 heterocycles. The number of anilines is 1. The van der Waals surface area contributed by atoms with Gasteiger partial charge in [0.25, 0.3) is 0 Å². The van der Waals surface area contributed by atoms with Crippen molar-refractivity contribution in [3.05, 3.63) is 29.0 Å². The van der Waals surface area contributed by atoms with E-state index in [-0.39, 0.29) is 11.9 Å². The van der Waals surface area contributed by atoms with E-state index in [1.165, 1.54) is 12.1 Å². The van der Waals surface area contributed by atoms with Gasteiger partial charge < -0.3 is 10.6 Å². The van der Waals surface area contributed by atoms with Crippen molar-refractivity contribution in [3.63, 3.8) is 0 Å². The Morgan fingerprint density at radius 2 is 2.13 bits per heavy atom. The van der Waals surface area contributed by atoms with Crippen LogP contribution in [0.2, 0.25) is 5.02 Å². The minimum absolute atomic E-state index is 0.240. The summed E-state index contributed by atoms with van der Waals surface area (Å²) < 4.78 is 12.7. The highest BCUT2D eigenvalue weighted by molar-refractivity contribution is 7.80. The number of rotatable bonds is 2. The normalized spacial score (nSPS) is 10.2. The van der Waals surface area contributed by atoms with Gasteiger partial charge in [0.05, 0.1) is 10.7 Å². The summed E-state index contributed by atoms with van der Waals surface area (Å²) in [5.74, 6) is -0.367. The molecule has 0 radical (unpaired) electrons. The van der Waals surface area contributed by atoms with Gasteiger partial charge in [-0.3, -0.25) is 0 Å². The highest BCUT2D eigenvalue weighted by atomic mass is 35.5. The summed E-state index contributed by atoms with van der Waals surface area (Å²) in [6, 6.07) is 4.35. The maximum Gasteiger partial charge on any atom is 0.171 e. The Morgan fingerprint density at radius 3 is 2.67 bits per heavy atom. The second-order valence-electron chi connectivity index (χ2n) is 3.38. The van der Waals surface area contributed by atoms with Crippen molar-refractivity contribution in [3.8, 4) is 0 Å². The molecule has 0 fully saturated rings. The Bertz CT molecular complexity index is 368. The highest BCUT2D eigenvalue weighted by Crippen LogP contribution is 2.22. The molecule has 1 aromatic rings. The van der Waals surface area contributed by atoms with Gasteiger partial charge in [-0.05, 0) is 44.3 Å². The van der Waals surface area contributed by atoms with Crippen molar-refractivity contribution >= 4 is 34.6 Å². The van der Waals surface area contributed by atoms with Crippen LogP contribution in [0.1, 0.15) is 13.8 Å². The highest BCUT2D eigenvalue weighted by Gasteiger charge is 2.04. The molecule has 2 N–H and O–H groups in total. The Kier molecular flexibility index (Phi) is 4.29. The average molecular weight is 247 g/mol. The largest absolute Gasteiger partial charge is 0.360 e. The zero-order chi connectivity index (χ0) is 11.4. The fraction of sp³-hybridized carbons (Fsp3) is 0.300. The third kappa shape index (κ3) is 4.01. The molecular weight excluding hydrogens is 235 g/mol. The summed E-state index contributed by atoms with van der Waals surface area (Å²) in [5.41, 5.74) is 0.594. The minimum Gasteiger partial charge on any atom is -0.360 e. The molecule has 1 rings (SSSR count). The van der Waals surface area contributed by atoms with Crippen molar-refractivity contribution in [2.45, 2.75) is 19.9 Å². The maximum absolute atomic E-state index is 12.7. The second kappa shape index (κ2) is 5.28. The van der Waals surface area contributed by atoms with Crippen LogP contribution in [-0.2, 0) is 0 Å². The predicted octanol–water partition coefficient (Wildman–Crippen LogP) is 3.17. The first-order valence-corrected chi connectivity index (χ1v) is 5.30. The van der Waals surface area contributed by atoms with Crippen LogP contribution in [0.25, 0.3) is 0 Å². The Balaban J connectivity index is 2.68. The van der Waals surface area contributed by atoms with Crippen molar-refractivity contribution in [1.29, 1.82) is 0 Å². The van der Waals surface area contributed by atoms with E-state index in [1.54, 1.807) is 6.07 Å². The van der Waals surface area contributed by atoms with Gasteiger partial charge in [0.2, 0.25) is 0 Å². The van der Waals surface area contributed by atoms with Crippen LogP contribution in [0.3, 0.4) is 0 Å². The van der Waals surface area contributed by atoms with Crippen LogP contribution in [-0.4, -0.2) is 11.2 Å². The Hall–Kier alpha value is -0.870. The molecule has 0 bridgehead atoms. The molecule has 0 aliphatic carbocycles. The molecule has 0 aliphatic rings. The fourth-order valence-electron chi connectivity index (χ4n) is 1.01. The average Bonchev–Trinajstić information content (AvgIpc) is 2.08. The fourth-order valence-corrected chi connectivity index (χ4v) is 1.57. The SMILES string of the molecule is CC(C)NC(=S)Nc1ccc(F)cc1Cl. The van der Waals surface area contributed by atoms with Gasteiger partial charge in [0.1, 0.15) is 5.82 Å². The molecule has 5 heteroatoms. The van der Waals surface area contributed by atoms with Gasteiger partial charge in [-0.15, -0.1) is 0 Å². The van der Waals surface area contributed by atoms with Crippen LogP contribution in [0.15, 0.2) is 18.2 Å². The molecule has 1 aromatic carbocycles. The molecule has 15 heavy (non-hydrogen) atoms. The lowest BCUT2D eigenvalue weighted by Crippen LogP contribution is -2.33.